The summed E-state index contributed by atoms with van der Waals surface area (Å²) in [6.45, 7) is 4.02. The van der Waals surface area contributed by atoms with E-state index < -0.39 is 0 Å². The maximum atomic E-state index is 6.30. The van der Waals surface area contributed by atoms with Crippen molar-refractivity contribution in [3.8, 4) is 11.5 Å². The van der Waals surface area contributed by atoms with Crippen molar-refractivity contribution in [2.45, 2.75) is 32.7 Å². The topological polar surface area (TPSA) is 35.2 Å². The van der Waals surface area contributed by atoms with Crippen LogP contribution in [-0.4, -0.2) is 6.04 Å². The second-order valence-electron chi connectivity index (χ2n) is 5.11. The molecule has 2 aromatic carbocycles. The number of hydrogen-bond donors (Lipinski definition) is 1. The first-order valence-electron chi connectivity index (χ1n) is 6.98. The van der Waals surface area contributed by atoms with Crippen molar-refractivity contribution in [1.29, 1.82) is 0 Å². The molecular weight excluding hydrogens is 305 g/mol. The van der Waals surface area contributed by atoms with E-state index in [-0.39, 0.29) is 6.04 Å². The molecule has 112 valence electrons. The number of aryl methyl sites for hydroxylation is 1. The standard InChI is InChI=1S/C17H19Cl2NO/c1-3-14(20)10-12-5-4-6-15(19)17(12)21-16-8-7-13(18)9-11(16)2/h4-9,14H,3,10,20H2,1-2H3. The summed E-state index contributed by atoms with van der Waals surface area (Å²) < 4.78 is 6.03. The SMILES string of the molecule is CCC(N)Cc1cccc(Cl)c1Oc1ccc(Cl)cc1C. The van der Waals surface area contributed by atoms with Gasteiger partial charge in [0.05, 0.1) is 5.02 Å². The third kappa shape index (κ3) is 4.13. The molecule has 2 N–H and O–H groups in total. The molecule has 0 saturated carbocycles. The van der Waals surface area contributed by atoms with E-state index in [2.05, 4.69) is 6.92 Å². The van der Waals surface area contributed by atoms with Gasteiger partial charge < -0.3 is 10.5 Å². The summed E-state index contributed by atoms with van der Waals surface area (Å²) in [5, 5.41) is 1.28. The number of ether oxygens (including phenoxy) is 1. The molecule has 0 aliphatic rings. The first kappa shape index (κ1) is 16.2. The molecule has 2 rings (SSSR count). The molecule has 1 atom stereocenters. The van der Waals surface area contributed by atoms with Gasteiger partial charge in [-0.3, -0.25) is 0 Å². The summed E-state index contributed by atoms with van der Waals surface area (Å²) in [4.78, 5) is 0. The lowest BCUT2D eigenvalue weighted by molar-refractivity contribution is 0.469. The molecule has 0 radical (unpaired) electrons. The molecule has 0 bridgehead atoms. The Kier molecular flexibility index (Phi) is 5.51. The van der Waals surface area contributed by atoms with Crippen molar-refractivity contribution in [2.24, 2.45) is 5.73 Å². The van der Waals surface area contributed by atoms with Crippen LogP contribution in [0.1, 0.15) is 24.5 Å². The molecule has 0 aliphatic carbocycles. The third-order valence-corrected chi connectivity index (χ3v) is 3.94. The molecule has 2 nitrogen and oxygen atoms in total. The molecule has 0 saturated heterocycles. The van der Waals surface area contributed by atoms with E-state index in [0.717, 1.165) is 29.7 Å². The number of nitrogens with two attached hydrogens (primary N) is 1. The summed E-state index contributed by atoms with van der Waals surface area (Å²) in [6.07, 6.45) is 1.64. The maximum Gasteiger partial charge on any atom is 0.149 e. The Bertz CT molecular complexity index is 628. The van der Waals surface area contributed by atoms with Gasteiger partial charge in [0.15, 0.2) is 0 Å². The Hall–Kier alpha value is -1.22. The van der Waals surface area contributed by atoms with E-state index in [1.54, 1.807) is 6.07 Å². The van der Waals surface area contributed by atoms with Crippen molar-refractivity contribution >= 4 is 23.2 Å². The molecular formula is C17H19Cl2NO. The second kappa shape index (κ2) is 7.17. The molecule has 21 heavy (non-hydrogen) atoms. The second-order valence-corrected chi connectivity index (χ2v) is 5.96. The van der Waals surface area contributed by atoms with E-state index in [1.807, 2.05) is 37.3 Å². The van der Waals surface area contributed by atoms with Crippen LogP contribution in [0, 0.1) is 6.92 Å². The zero-order valence-electron chi connectivity index (χ0n) is 12.2. The highest BCUT2D eigenvalue weighted by atomic mass is 35.5. The van der Waals surface area contributed by atoms with Gasteiger partial charge in [0, 0.05) is 11.1 Å². The number of halogens is 2. The Balaban J connectivity index is 2.34. The zero-order chi connectivity index (χ0) is 15.4. The molecule has 0 amide bonds. The van der Waals surface area contributed by atoms with Crippen molar-refractivity contribution in [3.63, 3.8) is 0 Å². The molecule has 4 heteroatoms. The van der Waals surface area contributed by atoms with E-state index in [4.69, 9.17) is 33.7 Å². The lowest BCUT2D eigenvalue weighted by Crippen LogP contribution is -2.21. The van der Waals surface area contributed by atoms with Gasteiger partial charge in [-0.1, -0.05) is 42.3 Å². The number of rotatable bonds is 5. The Morgan fingerprint density at radius 2 is 1.95 bits per heavy atom. The largest absolute Gasteiger partial charge is 0.455 e. The van der Waals surface area contributed by atoms with Crippen LogP contribution in [0.4, 0.5) is 0 Å². The van der Waals surface area contributed by atoms with Crippen LogP contribution in [-0.2, 0) is 6.42 Å². The highest BCUT2D eigenvalue weighted by Gasteiger charge is 2.13. The van der Waals surface area contributed by atoms with Gasteiger partial charge in [-0.2, -0.15) is 0 Å². The lowest BCUT2D eigenvalue weighted by Gasteiger charge is -2.16. The van der Waals surface area contributed by atoms with Crippen LogP contribution in [0.25, 0.3) is 0 Å². The summed E-state index contributed by atoms with van der Waals surface area (Å²) in [5.74, 6) is 1.42. The Morgan fingerprint density at radius 1 is 1.19 bits per heavy atom. The first-order valence-corrected chi connectivity index (χ1v) is 7.73. The number of benzene rings is 2. The molecule has 0 aliphatic heterocycles. The van der Waals surface area contributed by atoms with Gasteiger partial charge >= 0.3 is 0 Å². The molecule has 1 unspecified atom stereocenters. The lowest BCUT2D eigenvalue weighted by atomic mass is 10.0. The maximum absolute atomic E-state index is 6.30. The van der Waals surface area contributed by atoms with Gasteiger partial charge in [-0.15, -0.1) is 0 Å². The zero-order valence-corrected chi connectivity index (χ0v) is 13.7. The van der Waals surface area contributed by atoms with Crippen LogP contribution in [0.3, 0.4) is 0 Å². The molecule has 0 heterocycles. The highest BCUT2D eigenvalue weighted by molar-refractivity contribution is 6.32. The fraction of sp³-hybridized carbons (Fsp3) is 0.294. The van der Waals surface area contributed by atoms with E-state index in [1.165, 1.54) is 0 Å². The van der Waals surface area contributed by atoms with Crippen molar-refractivity contribution in [1.82, 2.24) is 0 Å². The molecule has 0 fully saturated rings. The number of para-hydroxylation sites is 1. The minimum absolute atomic E-state index is 0.0946. The summed E-state index contributed by atoms with van der Waals surface area (Å²) >= 11 is 12.3. The quantitative estimate of drug-likeness (QED) is 0.802. The van der Waals surface area contributed by atoms with Crippen LogP contribution in [0.15, 0.2) is 36.4 Å². The van der Waals surface area contributed by atoms with Crippen molar-refractivity contribution in [2.75, 3.05) is 0 Å². The van der Waals surface area contributed by atoms with Gasteiger partial charge in [0.1, 0.15) is 11.5 Å². The Labute approximate surface area is 135 Å². The van der Waals surface area contributed by atoms with Crippen molar-refractivity contribution in [3.05, 3.63) is 57.6 Å². The predicted octanol–water partition coefficient (Wildman–Crippen LogP) is 5.37. The average Bonchev–Trinajstić information content (AvgIpc) is 2.44. The highest BCUT2D eigenvalue weighted by Crippen LogP contribution is 2.35. The minimum atomic E-state index is 0.0946. The summed E-state index contributed by atoms with van der Waals surface area (Å²) in [5.41, 5.74) is 8.04. The number of hydrogen-bond acceptors (Lipinski definition) is 2. The minimum Gasteiger partial charge on any atom is -0.455 e. The van der Waals surface area contributed by atoms with Gasteiger partial charge in [0.2, 0.25) is 0 Å². The van der Waals surface area contributed by atoms with Crippen molar-refractivity contribution < 1.29 is 4.74 Å². The van der Waals surface area contributed by atoms with Crippen LogP contribution in [0.5, 0.6) is 11.5 Å². The predicted molar refractivity (Wildman–Crippen MR) is 89.7 cm³/mol. The van der Waals surface area contributed by atoms with Gasteiger partial charge in [-0.25, -0.2) is 0 Å². The van der Waals surface area contributed by atoms with E-state index in [0.29, 0.717) is 15.8 Å². The van der Waals surface area contributed by atoms with E-state index in [9.17, 15) is 0 Å². The molecule has 2 aromatic rings. The molecule has 0 aromatic heterocycles. The van der Waals surface area contributed by atoms with Gasteiger partial charge in [0.25, 0.3) is 0 Å². The van der Waals surface area contributed by atoms with Crippen LogP contribution >= 0.6 is 23.2 Å². The average molecular weight is 324 g/mol. The smallest absolute Gasteiger partial charge is 0.149 e. The third-order valence-electron chi connectivity index (χ3n) is 3.40. The molecule has 0 spiro atoms. The summed E-state index contributed by atoms with van der Waals surface area (Å²) in [6, 6.07) is 11.4. The van der Waals surface area contributed by atoms with Crippen LogP contribution in [0.2, 0.25) is 10.0 Å². The normalized spacial score (nSPS) is 12.2. The van der Waals surface area contributed by atoms with E-state index >= 15 is 0 Å². The van der Waals surface area contributed by atoms with Gasteiger partial charge in [-0.05, 0) is 55.2 Å². The van der Waals surface area contributed by atoms with Crippen LogP contribution < -0.4 is 10.5 Å². The summed E-state index contributed by atoms with van der Waals surface area (Å²) in [7, 11) is 0. The fourth-order valence-electron chi connectivity index (χ4n) is 2.09. The first-order chi connectivity index (χ1) is 10.0. The monoisotopic (exact) mass is 323 g/mol. The fourth-order valence-corrected chi connectivity index (χ4v) is 2.55. The Morgan fingerprint density at radius 3 is 2.62 bits per heavy atom.